The monoisotopic (exact) mass is 439 g/mol. The predicted octanol–water partition coefficient (Wildman–Crippen LogP) is 4.27. The number of amides is 1. The predicted molar refractivity (Wildman–Crippen MR) is 126 cm³/mol. The Labute approximate surface area is 191 Å². The molecule has 2 aromatic carbocycles. The molecule has 8 nitrogen and oxygen atoms in total. The van der Waals surface area contributed by atoms with Crippen LogP contribution in [0.5, 0.6) is 0 Å². The smallest absolute Gasteiger partial charge is 0.252 e. The summed E-state index contributed by atoms with van der Waals surface area (Å²) in [4.78, 5) is 21.4. The van der Waals surface area contributed by atoms with Crippen molar-refractivity contribution in [3.63, 3.8) is 0 Å². The molecule has 4 aromatic rings. The minimum Gasteiger partial charge on any atom is -0.343 e. The third-order valence-electron chi connectivity index (χ3n) is 6.40. The first kappa shape index (κ1) is 19.7. The van der Waals surface area contributed by atoms with Gasteiger partial charge in [0, 0.05) is 41.7 Å². The fourth-order valence-corrected chi connectivity index (χ4v) is 4.35. The number of hydrogen-bond acceptors (Lipinski definition) is 5. The van der Waals surface area contributed by atoms with E-state index in [2.05, 4.69) is 43.6 Å². The Bertz CT molecular complexity index is 1380. The van der Waals surface area contributed by atoms with E-state index in [-0.39, 0.29) is 5.91 Å². The zero-order chi connectivity index (χ0) is 22.7. The first-order valence-corrected chi connectivity index (χ1v) is 11.2. The molecule has 0 spiro atoms. The summed E-state index contributed by atoms with van der Waals surface area (Å²) in [6.07, 6.45) is 6.49. The lowest BCUT2D eigenvalue weighted by Crippen LogP contribution is -2.32. The number of nitrogens with zero attached hydrogens (tertiary/aromatic N) is 5. The summed E-state index contributed by atoms with van der Waals surface area (Å²) in [5.74, 6) is 1.88. The molecule has 1 amide bonds. The molecule has 0 saturated heterocycles. The minimum atomic E-state index is -0.397. The number of fused-ring (bicyclic) bond motifs is 1. The van der Waals surface area contributed by atoms with Crippen molar-refractivity contribution in [2.45, 2.75) is 38.1 Å². The summed E-state index contributed by atoms with van der Waals surface area (Å²) in [7, 11) is 1.86. The summed E-state index contributed by atoms with van der Waals surface area (Å²) in [6, 6.07) is 13.9. The zero-order valence-electron chi connectivity index (χ0n) is 18.8. The highest BCUT2D eigenvalue weighted by Gasteiger charge is 2.35. The van der Waals surface area contributed by atoms with Crippen LogP contribution in [-0.2, 0) is 12.6 Å². The normalized spacial score (nSPS) is 16.5. The van der Waals surface area contributed by atoms with Crippen molar-refractivity contribution in [2.75, 3.05) is 5.32 Å². The van der Waals surface area contributed by atoms with Crippen LogP contribution >= 0.6 is 0 Å². The Balaban J connectivity index is 1.23. The van der Waals surface area contributed by atoms with Crippen LogP contribution in [0.15, 0.2) is 55.0 Å². The number of imidazole rings is 1. The van der Waals surface area contributed by atoms with E-state index in [4.69, 9.17) is 4.98 Å². The van der Waals surface area contributed by atoms with Crippen LogP contribution in [-0.4, -0.2) is 30.2 Å². The fourth-order valence-electron chi connectivity index (χ4n) is 4.35. The second-order valence-electron chi connectivity index (χ2n) is 9.37. The van der Waals surface area contributed by atoms with Gasteiger partial charge in [0.25, 0.3) is 5.91 Å². The highest BCUT2D eigenvalue weighted by atomic mass is 16.2. The number of aromatic nitrogens is 5. The average Bonchev–Trinajstić information content (AvgIpc) is 3.34. The largest absolute Gasteiger partial charge is 0.343 e. The van der Waals surface area contributed by atoms with Crippen LogP contribution in [0.3, 0.4) is 0 Å². The molecular weight excluding hydrogens is 414 g/mol. The Morgan fingerprint density at radius 1 is 1.12 bits per heavy atom. The first-order valence-electron chi connectivity index (χ1n) is 11.2. The average molecular weight is 440 g/mol. The molecule has 3 heterocycles. The standard InChI is InChI=1S/C25H25N7O/c1-25(2)20-12-17(8-11-19(20)23(33)29-25)27-24-28-22(30-31(24)3)16-6-9-18(10-7-16)32-13-21(26-14-32)15-4-5-15/h6-15H,4-5H2,1-3H3,(H,29,33)(H,27,28,30). The van der Waals surface area contributed by atoms with E-state index in [9.17, 15) is 4.79 Å². The molecule has 0 atom stereocenters. The highest BCUT2D eigenvalue weighted by molar-refractivity contribution is 6.00. The van der Waals surface area contributed by atoms with Gasteiger partial charge >= 0.3 is 0 Å². The maximum Gasteiger partial charge on any atom is 0.252 e. The van der Waals surface area contributed by atoms with Crippen LogP contribution < -0.4 is 10.6 Å². The SMILES string of the molecule is Cn1nc(-c2ccc(-n3cnc(C4CC4)c3)cc2)nc1Nc1ccc2c(c1)C(C)(C)NC2=O. The van der Waals surface area contributed by atoms with Gasteiger partial charge in [-0.2, -0.15) is 4.98 Å². The number of rotatable bonds is 5. The molecule has 1 saturated carbocycles. The molecule has 1 fully saturated rings. The number of nitrogens with one attached hydrogen (secondary N) is 2. The maximum absolute atomic E-state index is 12.2. The van der Waals surface area contributed by atoms with Gasteiger partial charge < -0.3 is 15.2 Å². The van der Waals surface area contributed by atoms with Crippen LogP contribution in [0.25, 0.3) is 17.1 Å². The molecule has 2 aliphatic rings. The van der Waals surface area contributed by atoms with E-state index >= 15 is 0 Å². The van der Waals surface area contributed by atoms with E-state index in [0.29, 0.717) is 23.3 Å². The molecular formula is C25H25N7O. The van der Waals surface area contributed by atoms with Crippen molar-refractivity contribution in [3.8, 4) is 17.1 Å². The van der Waals surface area contributed by atoms with Gasteiger partial charge in [-0.25, -0.2) is 9.67 Å². The molecule has 0 unspecified atom stereocenters. The molecule has 166 valence electrons. The number of anilines is 2. The van der Waals surface area contributed by atoms with Gasteiger partial charge in [-0.05, 0) is 74.7 Å². The lowest BCUT2D eigenvalue weighted by molar-refractivity contribution is 0.0940. The van der Waals surface area contributed by atoms with Crippen LogP contribution in [0.1, 0.15) is 54.2 Å². The van der Waals surface area contributed by atoms with Crippen molar-refractivity contribution in [1.29, 1.82) is 0 Å². The summed E-state index contributed by atoms with van der Waals surface area (Å²) >= 11 is 0. The Morgan fingerprint density at radius 3 is 2.67 bits per heavy atom. The summed E-state index contributed by atoms with van der Waals surface area (Å²) in [5, 5.41) is 10.9. The van der Waals surface area contributed by atoms with Crippen LogP contribution in [0, 0.1) is 0 Å². The Kier molecular flexibility index (Phi) is 4.20. The summed E-state index contributed by atoms with van der Waals surface area (Å²) < 4.78 is 3.79. The molecule has 33 heavy (non-hydrogen) atoms. The van der Waals surface area contributed by atoms with E-state index < -0.39 is 5.54 Å². The summed E-state index contributed by atoms with van der Waals surface area (Å²) in [6.45, 7) is 4.00. The van der Waals surface area contributed by atoms with Crippen LogP contribution in [0.4, 0.5) is 11.6 Å². The van der Waals surface area contributed by atoms with Gasteiger partial charge in [-0.15, -0.1) is 5.10 Å². The first-order chi connectivity index (χ1) is 15.9. The van der Waals surface area contributed by atoms with E-state index in [1.807, 2.05) is 57.6 Å². The molecule has 1 aliphatic carbocycles. The second-order valence-corrected chi connectivity index (χ2v) is 9.37. The van der Waals surface area contributed by atoms with Gasteiger partial charge in [0.2, 0.25) is 5.95 Å². The van der Waals surface area contributed by atoms with Gasteiger partial charge in [0.1, 0.15) is 0 Å². The van der Waals surface area contributed by atoms with Gasteiger partial charge in [0.15, 0.2) is 5.82 Å². The third kappa shape index (κ3) is 3.47. The molecule has 2 aromatic heterocycles. The highest BCUT2D eigenvalue weighted by Crippen LogP contribution is 2.39. The van der Waals surface area contributed by atoms with E-state index in [0.717, 1.165) is 22.5 Å². The topological polar surface area (TPSA) is 89.7 Å². The second kappa shape index (κ2) is 7.03. The Morgan fingerprint density at radius 2 is 1.91 bits per heavy atom. The zero-order valence-corrected chi connectivity index (χ0v) is 18.8. The number of benzene rings is 2. The molecule has 8 heteroatoms. The van der Waals surface area contributed by atoms with Crippen molar-refractivity contribution in [3.05, 3.63) is 71.8 Å². The lowest BCUT2D eigenvalue weighted by Gasteiger charge is -2.19. The molecule has 0 bridgehead atoms. The van der Waals surface area contributed by atoms with Crippen molar-refractivity contribution < 1.29 is 4.79 Å². The van der Waals surface area contributed by atoms with Gasteiger partial charge in [0.05, 0.1) is 17.6 Å². The van der Waals surface area contributed by atoms with Gasteiger partial charge in [-0.3, -0.25) is 4.79 Å². The third-order valence-corrected chi connectivity index (χ3v) is 6.40. The molecule has 2 N–H and O–H groups in total. The number of carbonyl (C=O) groups is 1. The molecule has 0 radical (unpaired) electrons. The van der Waals surface area contributed by atoms with Crippen molar-refractivity contribution >= 4 is 17.5 Å². The van der Waals surface area contributed by atoms with Crippen molar-refractivity contribution in [2.24, 2.45) is 7.05 Å². The summed E-state index contributed by atoms with van der Waals surface area (Å²) in [5.41, 5.74) is 5.34. The quantitative estimate of drug-likeness (QED) is 0.485. The van der Waals surface area contributed by atoms with Crippen LogP contribution in [0.2, 0.25) is 0 Å². The Hall–Kier alpha value is -3.94. The van der Waals surface area contributed by atoms with Crippen molar-refractivity contribution in [1.82, 2.24) is 29.6 Å². The maximum atomic E-state index is 12.2. The fraction of sp³-hybridized carbons (Fsp3) is 0.280. The lowest BCUT2D eigenvalue weighted by atomic mass is 9.94. The van der Waals surface area contributed by atoms with Gasteiger partial charge in [-0.1, -0.05) is 0 Å². The number of carbonyl (C=O) groups excluding carboxylic acids is 1. The minimum absolute atomic E-state index is 0.0367. The van der Waals surface area contributed by atoms with E-state index in [1.165, 1.54) is 18.5 Å². The number of hydrogen-bond donors (Lipinski definition) is 2. The van der Waals surface area contributed by atoms with E-state index in [1.54, 1.807) is 4.68 Å². The molecule has 1 aliphatic heterocycles. The number of aryl methyl sites for hydroxylation is 1. The molecule has 6 rings (SSSR count).